The van der Waals surface area contributed by atoms with E-state index < -0.39 is 5.97 Å². The van der Waals surface area contributed by atoms with E-state index in [2.05, 4.69) is 24.1 Å². The zero-order chi connectivity index (χ0) is 23.3. The van der Waals surface area contributed by atoms with Crippen molar-refractivity contribution in [3.63, 3.8) is 0 Å². The minimum Gasteiger partial charge on any atom is -0.544 e. The molecule has 1 atom stereocenters. The van der Waals surface area contributed by atoms with E-state index in [9.17, 15) is 9.90 Å². The Morgan fingerprint density at radius 3 is 1.97 bits per heavy atom. The lowest BCUT2D eigenvalue weighted by atomic mass is 10.1. The van der Waals surface area contributed by atoms with Crippen LogP contribution in [0.2, 0.25) is 0 Å². The van der Waals surface area contributed by atoms with Gasteiger partial charge in [0.1, 0.15) is 19.3 Å². The summed E-state index contributed by atoms with van der Waals surface area (Å²) in [5, 5.41) is 11.2. The molecule has 1 unspecified atom stereocenters. The normalized spacial score (nSPS) is 18.0. The number of hydrogen-bond donors (Lipinski definition) is 1. The van der Waals surface area contributed by atoms with Crippen molar-refractivity contribution in [2.24, 2.45) is 10.7 Å². The van der Waals surface area contributed by atoms with E-state index in [-0.39, 0.29) is 11.0 Å². The van der Waals surface area contributed by atoms with Crippen LogP contribution in [0, 0.1) is 0 Å². The number of aliphatic imine (C=N–C) groups is 1. The van der Waals surface area contributed by atoms with Crippen LogP contribution in [0.5, 0.6) is 0 Å². The first kappa shape index (κ1) is 28.6. The summed E-state index contributed by atoms with van der Waals surface area (Å²) in [5.74, 6) is -0.140. The highest BCUT2D eigenvalue weighted by Crippen LogP contribution is 2.21. The van der Waals surface area contributed by atoms with Crippen LogP contribution < -0.4 is 10.8 Å². The molecule has 184 valence electrons. The summed E-state index contributed by atoms with van der Waals surface area (Å²) in [6.07, 6.45) is 30.1. The van der Waals surface area contributed by atoms with Crippen LogP contribution >= 0.6 is 0 Å². The van der Waals surface area contributed by atoms with E-state index in [1.54, 1.807) is 6.20 Å². The summed E-state index contributed by atoms with van der Waals surface area (Å²) in [7, 11) is 0. The molecule has 32 heavy (non-hydrogen) atoms. The van der Waals surface area contributed by atoms with Gasteiger partial charge in [0.25, 0.3) is 0 Å². The second-order valence-corrected chi connectivity index (χ2v) is 9.31. The lowest BCUT2D eigenvalue weighted by Crippen LogP contribution is -2.55. The van der Waals surface area contributed by atoms with E-state index >= 15 is 0 Å². The highest BCUT2D eigenvalue weighted by Gasteiger charge is 2.34. The van der Waals surface area contributed by atoms with Gasteiger partial charge in [-0.05, 0) is 32.1 Å². The van der Waals surface area contributed by atoms with Crippen molar-refractivity contribution in [1.82, 2.24) is 0 Å². The first-order valence-corrected chi connectivity index (χ1v) is 13.3. The van der Waals surface area contributed by atoms with Gasteiger partial charge in [0, 0.05) is 13.0 Å². The van der Waals surface area contributed by atoms with Gasteiger partial charge in [0.2, 0.25) is 5.84 Å². The summed E-state index contributed by atoms with van der Waals surface area (Å²) < 4.78 is 0.237. The number of quaternary nitrogens is 1. The van der Waals surface area contributed by atoms with Crippen LogP contribution in [-0.4, -0.2) is 35.9 Å². The van der Waals surface area contributed by atoms with Crippen molar-refractivity contribution in [2.75, 3.05) is 19.6 Å². The van der Waals surface area contributed by atoms with E-state index in [1.807, 2.05) is 6.20 Å². The number of carboxylic acid groups (broad SMARTS) is 1. The Balaban J connectivity index is 1.96. The monoisotopic (exact) mass is 447 g/mol. The van der Waals surface area contributed by atoms with Crippen molar-refractivity contribution in [1.29, 1.82) is 0 Å². The van der Waals surface area contributed by atoms with Crippen molar-refractivity contribution in [3.05, 3.63) is 24.6 Å². The molecule has 1 aliphatic rings. The summed E-state index contributed by atoms with van der Waals surface area (Å²) in [6.45, 7) is 3.20. The summed E-state index contributed by atoms with van der Waals surface area (Å²) in [6, 6.07) is 0. The lowest BCUT2D eigenvalue weighted by Gasteiger charge is -2.32. The maximum Gasteiger partial charge on any atom is 0.207 e. The molecule has 0 saturated carbocycles. The Hall–Kier alpha value is -1.46. The maximum absolute atomic E-state index is 11.2. The average Bonchev–Trinajstić information content (AvgIpc) is 3.14. The quantitative estimate of drug-likeness (QED) is 0.133. The van der Waals surface area contributed by atoms with Crippen molar-refractivity contribution < 1.29 is 14.4 Å². The maximum atomic E-state index is 11.2. The van der Waals surface area contributed by atoms with Crippen LogP contribution in [0.3, 0.4) is 0 Å². The van der Waals surface area contributed by atoms with Gasteiger partial charge in [0.05, 0.1) is 12.2 Å². The molecule has 0 saturated heterocycles. The topological polar surface area (TPSA) is 78.5 Å². The smallest absolute Gasteiger partial charge is 0.207 e. The predicted molar refractivity (Wildman–Crippen MR) is 134 cm³/mol. The SMILES string of the molecule is CCCCCCCCCCCC/C=C/CCCCCCC1=NC=C[N+]1(CCN)CC(=O)[O-]. The number of carbonyl (C=O) groups is 1. The lowest BCUT2D eigenvalue weighted by molar-refractivity contribution is -0.780. The summed E-state index contributed by atoms with van der Waals surface area (Å²) in [4.78, 5) is 15.6. The molecular formula is C27H49N3O2. The van der Waals surface area contributed by atoms with Gasteiger partial charge in [0.15, 0.2) is 0 Å². The van der Waals surface area contributed by atoms with Gasteiger partial charge in [-0.1, -0.05) is 89.7 Å². The largest absolute Gasteiger partial charge is 0.544 e. The van der Waals surface area contributed by atoms with E-state index in [4.69, 9.17) is 5.73 Å². The van der Waals surface area contributed by atoms with Gasteiger partial charge in [-0.15, -0.1) is 0 Å². The fraction of sp³-hybridized carbons (Fsp3) is 0.778. The molecule has 2 N–H and O–H groups in total. The minimum absolute atomic E-state index is 0.0730. The van der Waals surface area contributed by atoms with Crippen molar-refractivity contribution in [2.45, 2.75) is 116 Å². The molecule has 0 bridgehead atoms. The summed E-state index contributed by atoms with van der Waals surface area (Å²) >= 11 is 0. The average molecular weight is 448 g/mol. The van der Waals surface area contributed by atoms with Gasteiger partial charge in [-0.3, -0.25) is 0 Å². The van der Waals surface area contributed by atoms with E-state index in [1.165, 1.54) is 83.5 Å². The molecule has 1 rings (SSSR count). The number of amidine groups is 1. The molecule has 0 aromatic heterocycles. The molecule has 1 heterocycles. The highest BCUT2D eigenvalue weighted by molar-refractivity contribution is 5.80. The zero-order valence-electron chi connectivity index (χ0n) is 20.7. The van der Waals surface area contributed by atoms with Gasteiger partial charge < -0.3 is 15.6 Å². The number of allylic oxidation sites excluding steroid dienone is 2. The second kappa shape index (κ2) is 19.0. The number of aliphatic carboxylic acids is 1. The molecule has 0 aromatic rings. The molecular weight excluding hydrogens is 398 g/mol. The first-order valence-electron chi connectivity index (χ1n) is 13.3. The molecule has 0 aliphatic carbocycles. The van der Waals surface area contributed by atoms with Crippen molar-refractivity contribution in [3.8, 4) is 0 Å². The minimum atomic E-state index is -1.05. The first-order chi connectivity index (χ1) is 15.6. The molecule has 0 spiro atoms. The van der Waals surface area contributed by atoms with Gasteiger partial charge >= 0.3 is 0 Å². The van der Waals surface area contributed by atoms with E-state index in [0.717, 1.165) is 31.5 Å². The number of nitrogens with two attached hydrogens (primary N) is 1. The summed E-state index contributed by atoms with van der Waals surface area (Å²) in [5.41, 5.74) is 5.71. The second-order valence-electron chi connectivity index (χ2n) is 9.31. The Bertz CT molecular complexity index is 571. The van der Waals surface area contributed by atoms with Gasteiger partial charge in [-0.2, -0.15) is 0 Å². The number of nitrogens with zero attached hydrogens (tertiary/aromatic N) is 2. The fourth-order valence-corrected chi connectivity index (χ4v) is 4.51. The standard InChI is InChI=1S/C27H49N3O2/c1-2-3-4-5-6-7-8-9-10-11-12-13-14-15-16-17-18-19-20-26-29-22-24-30(26,23-21-28)25-27(31)32/h13-14,22,24H,2-12,15-21,23,25,28H2,1H3/b14-13+. The third-order valence-electron chi connectivity index (χ3n) is 6.44. The van der Waals surface area contributed by atoms with Crippen LogP contribution in [0.4, 0.5) is 0 Å². The Kier molecular flexibility index (Phi) is 17.0. The van der Waals surface area contributed by atoms with Gasteiger partial charge in [-0.25, -0.2) is 9.48 Å². The van der Waals surface area contributed by atoms with Crippen LogP contribution in [-0.2, 0) is 4.79 Å². The Morgan fingerprint density at radius 2 is 1.44 bits per heavy atom. The third-order valence-corrected chi connectivity index (χ3v) is 6.44. The molecule has 0 fully saturated rings. The predicted octanol–water partition coefficient (Wildman–Crippen LogP) is 5.60. The molecule has 0 aromatic carbocycles. The number of hydrogen-bond acceptors (Lipinski definition) is 4. The Morgan fingerprint density at radius 1 is 0.906 bits per heavy atom. The molecule has 5 nitrogen and oxygen atoms in total. The van der Waals surface area contributed by atoms with Crippen molar-refractivity contribution >= 4 is 11.8 Å². The van der Waals surface area contributed by atoms with E-state index in [0.29, 0.717) is 13.1 Å². The van der Waals surface area contributed by atoms with Crippen LogP contribution in [0.15, 0.2) is 29.5 Å². The highest BCUT2D eigenvalue weighted by atomic mass is 16.4. The zero-order valence-corrected chi connectivity index (χ0v) is 20.7. The molecule has 1 aliphatic heterocycles. The Labute approximate surface area is 197 Å². The molecule has 5 heteroatoms. The number of unbranched alkanes of at least 4 members (excludes halogenated alkanes) is 14. The third kappa shape index (κ3) is 13.2. The number of carboxylic acids is 1. The fourth-order valence-electron chi connectivity index (χ4n) is 4.51. The molecule has 0 amide bonds. The molecule has 0 radical (unpaired) electrons. The van der Waals surface area contributed by atoms with Crippen LogP contribution in [0.25, 0.3) is 0 Å². The number of carbonyl (C=O) groups excluding carboxylic acids is 1. The van der Waals surface area contributed by atoms with Crippen LogP contribution in [0.1, 0.15) is 116 Å². The number of rotatable bonds is 22.